The number of thioether (sulfide) groups is 1. The van der Waals surface area contributed by atoms with Crippen LogP contribution in [0.1, 0.15) is 32.9 Å². The fourth-order valence-electron chi connectivity index (χ4n) is 4.62. The Morgan fingerprint density at radius 1 is 1.09 bits per heavy atom. The van der Waals surface area contributed by atoms with Crippen LogP contribution in [0.25, 0.3) is 11.2 Å². The average Bonchev–Trinajstić information content (AvgIpc) is 3.66. The fraction of sp³-hybridized carbons (Fsp3) is 0.577. The molecule has 2 aromatic rings. The van der Waals surface area contributed by atoms with Crippen LogP contribution in [0.4, 0.5) is 5.82 Å². The zero-order valence-electron chi connectivity index (χ0n) is 29.7. The number of carbonyl (C=O) groups excluding carboxylic acids is 3. The minimum absolute atomic E-state index is 0.0175. The highest BCUT2D eigenvalue weighted by Crippen LogP contribution is 2.61. The van der Waals surface area contributed by atoms with Crippen LogP contribution in [0.2, 0.25) is 0 Å². The third kappa shape index (κ3) is 15.0. The number of aromatic nitrogens is 4. The van der Waals surface area contributed by atoms with Gasteiger partial charge in [-0.25, -0.2) is 28.6 Å². The molecule has 7 atom stereocenters. The van der Waals surface area contributed by atoms with E-state index < -0.39 is 95.6 Å². The Morgan fingerprint density at radius 3 is 2.40 bits per heavy atom. The van der Waals surface area contributed by atoms with Gasteiger partial charge in [0.2, 0.25) is 16.9 Å². The fourth-order valence-corrected chi connectivity index (χ4v) is 8.35. The number of hydrogen-bond donors (Lipinski definition) is 11. The number of nitrogens with one attached hydrogen (secondary N) is 2. The van der Waals surface area contributed by atoms with E-state index in [2.05, 4.69) is 47.0 Å². The van der Waals surface area contributed by atoms with Crippen molar-refractivity contribution < 1.29 is 90.4 Å². The van der Waals surface area contributed by atoms with Crippen LogP contribution in [0.15, 0.2) is 23.6 Å². The molecule has 1 fully saturated rings. The lowest BCUT2D eigenvalue weighted by molar-refractivity contribution is -0.137. The second-order valence-electron chi connectivity index (χ2n) is 12.4. The Kier molecular flexibility index (Phi) is 17.3. The van der Waals surface area contributed by atoms with Crippen LogP contribution >= 0.6 is 47.9 Å². The van der Waals surface area contributed by atoms with Crippen LogP contribution in [0.3, 0.4) is 0 Å². The Balaban J connectivity index is 1.48. The zero-order valence-corrected chi connectivity index (χ0v) is 34.1. The molecule has 0 radical (unpaired) electrons. The molecule has 1 aliphatic rings. The first kappa shape index (κ1) is 48.5. The van der Waals surface area contributed by atoms with Gasteiger partial charge in [0.05, 0.1) is 30.9 Å². The summed E-state index contributed by atoms with van der Waals surface area (Å²) in [7, 11) is -16.5. The van der Waals surface area contributed by atoms with E-state index in [1.54, 1.807) is 0 Å². The molecule has 320 valence electrons. The zero-order chi connectivity index (χ0) is 42.9. The van der Waals surface area contributed by atoms with Gasteiger partial charge >= 0.3 is 29.4 Å². The number of hydrogen-bond acceptors (Lipinski definition) is 20. The van der Waals surface area contributed by atoms with Crippen molar-refractivity contribution in [1.29, 1.82) is 0 Å². The summed E-state index contributed by atoms with van der Waals surface area (Å²) in [6.07, 6.45) is -6.38. The van der Waals surface area contributed by atoms with E-state index in [1.165, 1.54) is 13.8 Å². The Morgan fingerprint density at radius 2 is 1.75 bits per heavy atom. The van der Waals surface area contributed by atoms with Crippen molar-refractivity contribution in [2.45, 2.75) is 57.3 Å². The van der Waals surface area contributed by atoms with Gasteiger partial charge in [0.25, 0.3) is 0 Å². The first-order chi connectivity index (χ1) is 26.3. The maximum atomic E-state index is 12.7. The van der Waals surface area contributed by atoms with Gasteiger partial charge in [-0.3, -0.25) is 37.3 Å². The second kappa shape index (κ2) is 20.4. The van der Waals surface area contributed by atoms with Gasteiger partial charge in [-0.2, -0.15) is 4.31 Å². The van der Waals surface area contributed by atoms with E-state index in [0.717, 1.165) is 35.1 Å². The van der Waals surface area contributed by atoms with E-state index in [0.29, 0.717) is 0 Å². The third-order valence-corrected chi connectivity index (χ3v) is 11.9. The van der Waals surface area contributed by atoms with Crippen LogP contribution in [0, 0.1) is 5.41 Å². The highest BCUT2D eigenvalue weighted by Gasteiger charge is 2.50. The van der Waals surface area contributed by atoms with Crippen LogP contribution in [-0.4, -0.2) is 134 Å². The van der Waals surface area contributed by atoms with Gasteiger partial charge in [0, 0.05) is 30.7 Å². The predicted molar refractivity (Wildman–Crippen MR) is 196 cm³/mol. The van der Waals surface area contributed by atoms with Gasteiger partial charge in [0.1, 0.15) is 36.3 Å². The summed E-state index contributed by atoms with van der Waals surface area (Å²) in [6, 6.07) is 0. The molecule has 0 saturated carbocycles. The molecule has 26 nitrogen and oxygen atoms in total. The molecular weight excluding hydrogens is 871 g/mol. The molecule has 2 amide bonds. The average molecular weight is 912 g/mol. The maximum absolute atomic E-state index is 12.7. The number of anilines is 1. The van der Waals surface area contributed by atoms with E-state index in [9.17, 15) is 62.7 Å². The van der Waals surface area contributed by atoms with E-state index in [1.807, 2.05) is 0 Å². The molecule has 1 saturated heterocycles. The summed E-state index contributed by atoms with van der Waals surface area (Å²) in [5.74, 6) is -2.62. The molecule has 3 rings (SSSR count). The smallest absolute Gasteiger partial charge is 0.481 e. The monoisotopic (exact) mass is 911 g/mol. The number of carbonyl (C=O) groups is 4. The number of fused-ring (bicyclic) bond motifs is 1. The van der Waals surface area contributed by atoms with Crippen molar-refractivity contribution in [1.82, 2.24) is 30.2 Å². The lowest BCUT2D eigenvalue weighted by Crippen LogP contribution is -2.46. The maximum Gasteiger partial charge on any atom is 0.481 e. The van der Waals surface area contributed by atoms with Gasteiger partial charge in [0.15, 0.2) is 17.7 Å². The molecule has 3 heterocycles. The van der Waals surface area contributed by atoms with E-state index >= 15 is 0 Å². The summed E-state index contributed by atoms with van der Waals surface area (Å²) in [4.78, 5) is 97.9. The number of phosphoric ester groups is 3. The number of aliphatic hydroxyl groups excluding tert-OH is 2. The number of aliphatic carboxylic acids is 1. The molecule has 0 spiro atoms. The summed E-state index contributed by atoms with van der Waals surface area (Å²) in [6.45, 7) is 0.147. The number of rotatable bonds is 22. The molecule has 2 aromatic heterocycles. The van der Waals surface area contributed by atoms with E-state index in [4.69, 9.17) is 24.6 Å². The summed E-state index contributed by atoms with van der Waals surface area (Å²) < 4.78 is 62.0. The lowest BCUT2D eigenvalue weighted by Gasteiger charge is -2.30. The van der Waals surface area contributed by atoms with Crippen molar-refractivity contribution in [3.05, 3.63) is 23.6 Å². The SMILES string of the molecule is CC(C)(COP(=O)(O)OP(=O)(O)OCC1OC(n2cnc3c(N)ncnc32)C(O)C1OP(=O)(O)O)C(O)C(=O)NCCC(=O)NCCSC(=O)/C(S)=C/CC(=O)O. The number of nitrogen functional groups attached to an aromatic ring is 1. The number of carboxylic acids is 1. The second-order valence-corrected chi connectivity index (χ2v) is 18.2. The molecule has 11 N–H and O–H groups in total. The largest absolute Gasteiger partial charge is 0.481 e. The Hall–Kier alpha value is -2.88. The van der Waals surface area contributed by atoms with Gasteiger partial charge < -0.3 is 56.0 Å². The Labute approximate surface area is 331 Å². The minimum atomic E-state index is -5.59. The highest BCUT2D eigenvalue weighted by atomic mass is 32.2. The summed E-state index contributed by atoms with van der Waals surface area (Å²) in [5, 5.41) is 34.3. The number of nitrogens with zero attached hydrogens (tertiary/aromatic N) is 4. The lowest BCUT2D eigenvalue weighted by atomic mass is 9.87. The number of imidazole rings is 1. The first-order valence-corrected chi connectivity index (χ1v) is 21.9. The van der Waals surface area contributed by atoms with Gasteiger partial charge in [-0.05, 0) is 0 Å². The standard InChI is InChI=1S/C26H40N7O19P3S2/c1-26(2,20(38)23(39)29-6-5-15(34)28-7-8-57-25(40)14(56)3-4-16(35)36)10-49-55(46,47)52-54(44,45)48-9-13-19(51-53(41,42)43)18(37)24(50-13)33-12-32-17-21(27)30-11-31-22(17)33/h3,11-13,18-20,24,37-38,56H,4-10H2,1-2H3,(H,28,34)(H,29,39)(H,35,36)(H,44,45)(H,46,47)(H2,27,30,31)(H2,41,42,43)/b14-3-. The van der Waals surface area contributed by atoms with Gasteiger partial charge in [-0.1, -0.05) is 31.7 Å². The number of amides is 2. The normalized spacial score (nSPS) is 21.7. The van der Waals surface area contributed by atoms with Crippen LogP contribution in [0.5, 0.6) is 0 Å². The number of ether oxygens (including phenoxy) is 1. The van der Waals surface area contributed by atoms with Crippen LogP contribution < -0.4 is 16.4 Å². The van der Waals surface area contributed by atoms with Crippen molar-refractivity contribution >= 4 is 87.7 Å². The molecule has 1 aliphatic heterocycles. The molecule has 7 unspecified atom stereocenters. The van der Waals surface area contributed by atoms with Gasteiger partial charge in [-0.15, -0.1) is 12.6 Å². The minimum Gasteiger partial charge on any atom is -0.481 e. The predicted octanol–water partition coefficient (Wildman–Crippen LogP) is -1.05. The molecule has 0 aromatic carbocycles. The molecule has 31 heteroatoms. The molecule has 0 bridgehead atoms. The van der Waals surface area contributed by atoms with Crippen LogP contribution in [-0.2, 0) is 55.5 Å². The molecular formula is C26H40N7O19P3S2. The molecule has 57 heavy (non-hydrogen) atoms. The highest BCUT2D eigenvalue weighted by molar-refractivity contribution is 8.15. The summed E-state index contributed by atoms with van der Waals surface area (Å²) in [5.41, 5.74) is 4.19. The number of phosphoric acid groups is 3. The topological polar surface area (TPSA) is 401 Å². The number of aliphatic hydroxyl groups is 2. The molecule has 0 aliphatic carbocycles. The van der Waals surface area contributed by atoms with Crippen molar-refractivity contribution in [3.8, 4) is 0 Å². The summed E-state index contributed by atoms with van der Waals surface area (Å²) >= 11 is 4.71. The number of nitrogens with two attached hydrogens (primary N) is 1. The number of carboxylic acid groups (broad SMARTS) is 1. The first-order valence-electron chi connectivity index (χ1n) is 16.0. The quantitative estimate of drug-likeness (QED) is 0.0291. The number of thiol groups is 1. The van der Waals surface area contributed by atoms with Crippen molar-refractivity contribution in [2.24, 2.45) is 5.41 Å². The third-order valence-electron chi connectivity index (χ3n) is 7.41. The van der Waals surface area contributed by atoms with Crippen molar-refractivity contribution in [2.75, 3.05) is 37.8 Å². The van der Waals surface area contributed by atoms with E-state index in [-0.39, 0.29) is 53.6 Å². The Bertz CT molecular complexity index is 1970. The van der Waals surface area contributed by atoms with Crippen molar-refractivity contribution in [3.63, 3.8) is 0 Å².